The van der Waals surface area contributed by atoms with Crippen molar-refractivity contribution in [2.45, 2.75) is 18.8 Å². The second-order valence-corrected chi connectivity index (χ2v) is 14.7. The maximum atomic E-state index is 6.39. The van der Waals surface area contributed by atoms with Gasteiger partial charge < -0.3 is 8.98 Å². The van der Waals surface area contributed by atoms with Crippen molar-refractivity contribution < 1.29 is 4.42 Å². The zero-order chi connectivity index (χ0) is 34.6. The highest BCUT2D eigenvalue weighted by atomic mass is 16.3. The molecule has 1 aliphatic rings. The van der Waals surface area contributed by atoms with Gasteiger partial charge in [0.05, 0.1) is 11.0 Å². The van der Waals surface area contributed by atoms with Gasteiger partial charge in [-0.1, -0.05) is 127 Å². The van der Waals surface area contributed by atoms with Crippen molar-refractivity contribution in [1.82, 2.24) is 4.57 Å². The van der Waals surface area contributed by atoms with Crippen LogP contribution in [-0.4, -0.2) is 4.57 Å². The van der Waals surface area contributed by atoms with E-state index in [1.165, 1.54) is 98.8 Å². The highest BCUT2D eigenvalue weighted by Crippen LogP contribution is 2.53. The van der Waals surface area contributed by atoms with Gasteiger partial charge in [-0.2, -0.15) is 0 Å². The number of hydrogen-bond donors (Lipinski definition) is 0. The van der Waals surface area contributed by atoms with E-state index in [9.17, 15) is 0 Å². The Bertz CT molecular complexity index is 3230. The minimum atomic E-state index is 0.324. The summed E-state index contributed by atoms with van der Waals surface area (Å²) in [4.78, 5) is 0. The van der Waals surface area contributed by atoms with Crippen LogP contribution >= 0.6 is 0 Å². The van der Waals surface area contributed by atoms with Gasteiger partial charge in [-0.25, -0.2) is 0 Å². The largest absolute Gasteiger partial charge is 0.456 e. The fourth-order valence-corrected chi connectivity index (χ4v) is 9.73. The molecule has 2 nitrogen and oxygen atoms in total. The number of furan rings is 1. The van der Waals surface area contributed by atoms with E-state index in [0.717, 1.165) is 24.0 Å². The van der Waals surface area contributed by atoms with E-state index in [0.29, 0.717) is 5.92 Å². The number of nitrogens with zero attached hydrogens (tertiary/aromatic N) is 1. The van der Waals surface area contributed by atoms with Crippen LogP contribution in [0.25, 0.3) is 93.2 Å². The lowest BCUT2D eigenvalue weighted by atomic mass is 9.87. The Labute approximate surface area is 306 Å². The molecule has 2 aromatic heterocycles. The molecule has 248 valence electrons. The summed E-state index contributed by atoms with van der Waals surface area (Å²) in [6, 6.07) is 62.6. The van der Waals surface area contributed by atoms with Crippen molar-refractivity contribution in [3.8, 4) is 27.9 Å². The Morgan fingerprint density at radius 1 is 0.453 bits per heavy atom. The average molecular weight is 676 g/mol. The van der Waals surface area contributed by atoms with Gasteiger partial charge in [-0.15, -0.1) is 0 Å². The third-order valence-corrected chi connectivity index (χ3v) is 12.0. The Morgan fingerprint density at radius 3 is 2.06 bits per heavy atom. The summed E-state index contributed by atoms with van der Waals surface area (Å²) in [7, 11) is 0. The van der Waals surface area contributed by atoms with Crippen molar-refractivity contribution in [3.05, 3.63) is 187 Å². The normalized spacial score (nSPS) is 14.0. The average Bonchev–Trinajstić information content (AvgIpc) is 3.88. The minimum absolute atomic E-state index is 0.324. The lowest BCUT2D eigenvalue weighted by Crippen LogP contribution is -2.00. The van der Waals surface area contributed by atoms with E-state index < -0.39 is 0 Å². The Kier molecular flexibility index (Phi) is 5.98. The summed E-state index contributed by atoms with van der Waals surface area (Å²) < 4.78 is 8.82. The molecule has 0 spiro atoms. The molecule has 2 heterocycles. The molecule has 2 heteroatoms. The Balaban J connectivity index is 0.971. The molecule has 0 saturated carbocycles. The number of benzene rings is 9. The van der Waals surface area contributed by atoms with Crippen LogP contribution in [0.1, 0.15) is 29.0 Å². The van der Waals surface area contributed by atoms with Crippen molar-refractivity contribution >= 4 is 65.3 Å². The van der Waals surface area contributed by atoms with Gasteiger partial charge in [0.25, 0.3) is 0 Å². The van der Waals surface area contributed by atoms with E-state index in [1.807, 2.05) is 0 Å². The van der Waals surface area contributed by atoms with Crippen LogP contribution in [0.4, 0.5) is 0 Å². The van der Waals surface area contributed by atoms with Crippen LogP contribution in [0, 0.1) is 0 Å². The molecular formula is C51H33NO. The van der Waals surface area contributed by atoms with Gasteiger partial charge in [-0.05, 0) is 116 Å². The molecule has 0 N–H and O–H groups in total. The van der Waals surface area contributed by atoms with E-state index in [-0.39, 0.29) is 0 Å². The molecule has 1 unspecified atom stereocenters. The number of hydrogen-bond acceptors (Lipinski definition) is 1. The molecule has 1 atom stereocenters. The molecule has 0 radical (unpaired) electrons. The molecule has 53 heavy (non-hydrogen) atoms. The summed E-state index contributed by atoms with van der Waals surface area (Å²) >= 11 is 0. The molecule has 0 saturated heterocycles. The first kappa shape index (κ1) is 29.0. The fraction of sp³-hybridized carbons (Fsp3) is 0.0588. The van der Waals surface area contributed by atoms with E-state index in [1.54, 1.807) is 0 Å². The Morgan fingerprint density at radius 2 is 1.15 bits per heavy atom. The zero-order valence-corrected chi connectivity index (χ0v) is 29.0. The fourth-order valence-electron chi connectivity index (χ4n) is 9.73. The standard InChI is InChI=1S/C51H33NO/c1-2-11-32(12-3-1)33-13-8-14-34(30-33)52-44-20-7-6-16-37(44)43-29-31(24-28-45(43)52)23-25-36-35-15-4-5-17-38(35)48-40(36)26-27-41-39-18-9-21-46-50(39)51-42(49(41)48)19-10-22-47(51)53-46/h1-22,24,26-30,36H,23,25H2. The van der Waals surface area contributed by atoms with E-state index in [2.05, 4.69) is 174 Å². The van der Waals surface area contributed by atoms with Crippen molar-refractivity contribution in [3.63, 3.8) is 0 Å². The van der Waals surface area contributed by atoms with Crippen LogP contribution in [0.3, 0.4) is 0 Å². The third kappa shape index (κ3) is 4.09. The molecule has 0 amide bonds. The molecule has 1 aliphatic carbocycles. The first-order chi connectivity index (χ1) is 26.3. The van der Waals surface area contributed by atoms with Crippen LogP contribution in [-0.2, 0) is 6.42 Å². The predicted octanol–water partition coefficient (Wildman–Crippen LogP) is 13.8. The smallest absolute Gasteiger partial charge is 0.136 e. The summed E-state index contributed by atoms with van der Waals surface area (Å²) in [6.45, 7) is 0. The molecule has 12 rings (SSSR count). The topological polar surface area (TPSA) is 18.1 Å². The second-order valence-electron chi connectivity index (χ2n) is 14.7. The predicted molar refractivity (Wildman–Crippen MR) is 222 cm³/mol. The monoisotopic (exact) mass is 675 g/mol. The van der Waals surface area contributed by atoms with Crippen LogP contribution in [0.5, 0.6) is 0 Å². The zero-order valence-electron chi connectivity index (χ0n) is 29.0. The minimum Gasteiger partial charge on any atom is -0.456 e. The van der Waals surface area contributed by atoms with Crippen molar-refractivity contribution in [2.24, 2.45) is 0 Å². The summed E-state index contributed by atoms with van der Waals surface area (Å²) in [5, 5.41) is 10.3. The van der Waals surface area contributed by atoms with Gasteiger partial charge in [-0.3, -0.25) is 0 Å². The number of aromatic nitrogens is 1. The number of para-hydroxylation sites is 1. The molecule has 0 aliphatic heterocycles. The molecule has 11 aromatic rings. The molecular weight excluding hydrogens is 643 g/mol. The maximum absolute atomic E-state index is 6.39. The summed E-state index contributed by atoms with van der Waals surface area (Å²) in [5.41, 5.74) is 15.1. The first-order valence-corrected chi connectivity index (χ1v) is 18.7. The van der Waals surface area contributed by atoms with E-state index in [4.69, 9.17) is 4.42 Å². The second kappa shape index (κ2) is 10.9. The van der Waals surface area contributed by atoms with Gasteiger partial charge in [0.1, 0.15) is 11.2 Å². The molecule has 9 aromatic carbocycles. The van der Waals surface area contributed by atoms with E-state index >= 15 is 0 Å². The number of rotatable bonds is 5. The van der Waals surface area contributed by atoms with Gasteiger partial charge in [0.15, 0.2) is 0 Å². The maximum Gasteiger partial charge on any atom is 0.136 e. The van der Waals surface area contributed by atoms with Crippen LogP contribution < -0.4 is 0 Å². The molecule has 0 bridgehead atoms. The van der Waals surface area contributed by atoms with Crippen molar-refractivity contribution in [1.29, 1.82) is 0 Å². The Hall–Kier alpha value is -6.64. The first-order valence-electron chi connectivity index (χ1n) is 18.7. The van der Waals surface area contributed by atoms with Crippen LogP contribution in [0.15, 0.2) is 174 Å². The highest BCUT2D eigenvalue weighted by molar-refractivity contribution is 6.35. The number of fused-ring (bicyclic) bond motifs is 10. The van der Waals surface area contributed by atoms with Gasteiger partial charge in [0, 0.05) is 33.2 Å². The lowest BCUT2D eigenvalue weighted by Gasteiger charge is -2.16. The summed E-state index contributed by atoms with van der Waals surface area (Å²) in [6.07, 6.45) is 2.04. The quantitative estimate of drug-likeness (QED) is 0.166. The molecule has 0 fully saturated rings. The lowest BCUT2D eigenvalue weighted by molar-refractivity contribution is 0.669. The van der Waals surface area contributed by atoms with Crippen molar-refractivity contribution in [2.75, 3.05) is 0 Å². The van der Waals surface area contributed by atoms with Gasteiger partial charge in [0.2, 0.25) is 0 Å². The van der Waals surface area contributed by atoms with Gasteiger partial charge >= 0.3 is 0 Å². The SMILES string of the molecule is c1ccc(-c2cccc(-n3c4ccccc4c4cc(CCC5c6ccccc6-c6c5ccc5c7cccc8oc9cccc(c65)c9c87)ccc43)c2)cc1. The summed E-state index contributed by atoms with van der Waals surface area (Å²) in [5.74, 6) is 0.324. The highest BCUT2D eigenvalue weighted by Gasteiger charge is 2.31. The number of aryl methyl sites for hydroxylation is 1. The van der Waals surface area contributed by atoms with Crippen LogP contribution in [0.2, 0.25) is 0 Å². The third-order valence-electron chi connectivity index (χ3n) is 12.0.